The van der Waals surface area contributed by atoms with Crippen molar-refractivity contribution in [1.29, 1.82) is 0 Å². The van der Waals surface area contributed by atoms with Crippen LogP contribution >= 0.6 is 23.4 Å². The van der Waals surface area contributed by atoms with Crippen LogP contribution < -0.4 is 5.73 Å². The number of carbonyl (C=O) groups excluding carboxylic acids is 1. The number of hydrogen-bond donors (Lipinski definition) is 1. The molecular formula is C19H21ClN4O2S. The van der Waals surface area contributed by atoms with Crippen LogP contribution in [0.25, 0.3) is 0 Å². The number of carbonyl (C=O) groups is 1. The van der Waals surface area contributed by atoms with Crippen molar-refractivity contribution >= 4 is 35.2 Å². The zero-order valence-corrected chi connectivity index (χ0v) is 16.4. The summed E-state index contributed by atoms with van der Waals surface area (Å²) in [5.74, 6) is 0.834. The number of halogens is 1. The van der Waals surface area contributed by atoms with Crippen molar-refractivity contribution < 1.29 is 9.53 Å². The minimum atomic E-state index is -0.440. The first-order chi connectivity index (χ1) is 13.1. The largest absolute Gasteiger partial charge is 0.368 e. The molecule has 0 bridgehead atoms. The average molecular weight is 405 g/mol. The molecule has 2 aliphatic heterocycles. The molecule has 0 saturated carbocycles. The van der Waals surface area contributed by atoms with Gasteiger partial charge in [0.1, 0.15) is 5.60 Å². The zero-order chi connectivity index (χ0) is 18.9. The van der Waals surface area contributed by atoms with Crippen molar-refractivity contribution in [3.8, 4) is 0 Å². The van der Waals surface area contributed by atoms with Crippen molar-refractivity contribution in [2.24, 2.45) is 0 Å². The van der Waals surface area contributed by atoms with Gasteiger partial charge in [-0.1, -0.05) is 11.6 Å². The summed E-state index contributed by atoms with van der Waals surface area (Å²) in [7, 11) is 0. The fourth-order valence-corrected chi connectivity index (χ4v) is 4.62. The highest BCUT2D eigenvalue weighted by atomic mass is 35.5. The van der Waals surface area contributed by atoms with E-state index in [2.05, 4.69) is 9.97 Å². The third-order valence-electron chi connectivity index (χ3n) is 5.16. The van der Waals surface area contributed by atoms with Gasteiger partial charge in [-0.25, -0.2) is 9.97 Å². The van der Waals surface area contributed by atoms with E-state index in [0.717, 1.165) is 35.4 Å². The number of hydrogen-bond acceptors (Lipinski definition) is 6. The van der Waals surface area contributed by atoms with E-state index in [1.54, 1.807) is 0 Å². The predicted octanol–water partition coefficient (Wildman–Crippen LogP) is 2.89. The average Bonchev–Trinajstić information content (AvgIpc) is 2.69. The lowest BCUT2D eigenvalue weighted by atomic mass is 9.83. The molecule has 0 atom stereocenters. The molecule has 27 heavy (non-hydrogen) atoms. The second-order valence-electron chi connectivity index (χ2n) is 6.82. The Bertz CT molecular complexity index is 838. The Labute approximate surface area is 167 Å². The molecule has 1 aromatic heterocycles. The van der Waals surface area contributed by atoms with Crippen molar-refractivity contribution in [2.45, 2.75) is 29.8 Å². The van der Waals surface area contributed by atoms with Crippen LogP contribution in [-0.2, 0) is 21.6 Å². The highest BCUT2D eigenvalue weighted by Crippen LogP contribution is 2.40. The number of amides is 1. The Morgan fingerprint density at radius 1 is 1.30 bits per heavy atom. The molecule has 0 aliphatic carbocycles. The summed E-state index contributed by atoms with van der Waals surface area (Å²) >= 11 is 7.43. The Morgan fingerprint density at radius 3 is 2.78 bits per heavy atom. The fourth-order valence-electron chi connectivity index (χ4n) is 3.69. The smallest absolute Gasteiger partial charge is 0.232 e. The van der Waals surface area contributed by atoms with Crippen LogP contribution in [0.15, 0.2) is 35.4 Å². The molecule has 8 heteroatoms. The van der Waals surface area contributed by atoms with E-state index in [1.165, 1.54) is 11.8 Å². The van der Waals surface area contributed by atoms with Crippen LogP contribution in [0.1, 0.15) is 24.1 Å². The standard InChI is InChI=1S/C19H21ClN4O2S/c20-14-1-3-15(4-2-14)27-12-16(25)24-8-6-19(7-9-24)17-13(5-10-26-19)11-22-18(21)23-17/h1-4,11H,5-10,12H2,(H2,21,22,23). The number of nitrogens with zero attached hydrogens (tertiary/aromatic N) is 3. The summed E-state index contributed by atoms with van der Waals surface area (Å²) in [6.45, 7) is 1.97. The Hall–Kier alpha value is -1.83. The molecule has 2 aromatic rings. The molecule has 0 unspecified atom stereocenters. The summed E-state index contributed by atoms with van der Waals surface area (Å²) in [5.41, 5.74) is 7.37. The van der Waals surface area contributed by atoms with Gasteiger partial charge in [-0.15, -0.1) is 11.8 Å². The van der Waals surface area contributed by atoms with Gasteiger partial charge in [-0.3, -0.25) is 4.79 Å². The number of aromatic nitrogens is 2. The van der Waals surface area contributed by atoms with Crippen molar-refractivity contribution in [3.05, 3.63) is 46.7 Å². The first kappa shape index (κ1) is 18.5. The number of ether oxygens (including phenoxy) is 1. The van der Waals surface area contributed by atoms with Gasteiger partial charge in [0.05, 0.1) is 18.1 Å². The molecule has 1 saturated heterocycles. The van der Waals surface area contributed by atoms with Gasteiger partial charge in [0.25, 0.3) is 0 Å². The van der Waals surface area contributed by atoms with Crippen LogP contribution in [0, 0.1) is 0 Å². The number of piperidine rings is 1. The SMILES string of the molecule is Nc1ncc2c(n1)C1(CCN(C(=O)CSc3ccc(Cl)cc3)CC1)OCC2. The molecule has 2 N–H and O–H groups in total. The highest BCUT2D eigenvalue weighted by molar-refractivity contribution is 8.00. The Morgan fingerprint density at radius 2 is 2.04 bits per heavy atom. The molecule has 1 amide bonds. The molecule has 3 heterocycles. The molecule has 0 radical (unpaired) electrons. The van der Waals surface area contributed by atoms with Crippen molar-refractivity contribution in [1.82, 2.24) is 14.9 Å². The van der Waals surface area contributed by atoms with E-state index < -0.39 is 5.60 Å². The highest BCUT2D eigenvalue weighted by Gasteiger charge is 2.43. The monoisotopic (exact) mass is 404 g/mol. The van der Waals surface area contributed by atoms with Gasteiger partial charge >= 0.3 is 0 Å². The first-order valence-electron chi connectivity index (χ1n) is 8.98. The minimum Gasteiger partial charge on any atom is -0.368 e. The van der Waals surface area contributed by atoms with Gasteiger partial charge in [0.2, 0.25) is 11.9 Å². The van der Waals surface area contributed by atoms with Crippen LogP contribution in [0.2, 0.25) is 5.02 Å². The van der Waals surface area contributed by atoms with Crippen molar-refractivity contribution in [3.63, 3.8) is 0 Å². The summed E-state index contributed by atoms with van der Waals surface area (Å²) in [4.78, 5) is 24.1. The van der Waals surface area contributed by atoms with E-state index in [4.69, 9.17) is 22.1 Å². The first-order valence-corrected chi connectivity index (χ1v) is 10.3. The summed E-state index contributed by atoms with van der Waals surface area (Å²) in [6.07, 6.45) is 4.07. The van der Waals surface area contributed by atoms with Crippen LogP contribution in [-0.4, -0.2) is 46.2 Å². The quantitative estimate of drug-likeness (QED) is 0.792. The number of thioether (sulfide) groups is 1. The molecule has 4 rings (SSSR count). The lowest BCUT2D eigenvalue weighted by Gasteiger charge is -2.44. The van der Waals surface area contributed by atoms with E-state index in [1.807, 2.05) is 35.4 Å². The van der Waals surface area contributed by atoms with Gasteiger partial charge < -0.3 is 15.4 Å². The molecule has 1 spiro atoms. The number of likely N-dealkylation sites (tertiary alicyclic amines) is 1. The molecule has 2 aliphatic rings. The second kappa shape index (κ2) is 7.66. The lowest BCUT2D eigenvalue weighted by Crippen LogP contribution is -2.49. The maximum atomic E-state index is 12.6. The molecule has 1 fully saturated rings. The van der Waals surface area contributed by atoms with Gasteiger partial charge in [0.15, 0.2) is 0 Å². The maximum absolute atomic E-state index is 12.6. The lowest BCUT2D eigenvalue weighted by molar-refractivity contribution is -0.138. The molecular weight excluding hydrogens is 384 g/mol. The van der Waals surface area contributed by atoms with Crippen LogP contribution in [0.4, 0.5) is 5.95 Å². The van der Waals surface area contributed by atoms with Gasteiger partial charge in [-0.2, -0.15) is 0 Å². The predicted molar refractivity (Wildman–Crippen MR) is 106 cm³/mol. The van der Waals surface area contributed by atoms with E-state index in [0.29, 0.717) is 30.5 Å². The summed E-state index contributed by atoms with van der Waals surface area (Å²) in [5, 5.41) is 0.698. The van der Waals surface area contributed by atoms with E-state index in [-0.39, 0.29) is 11.9 Å². The molecule has 142 valence electrons. The van der Waals surface area contributed by atoms with E-state index in [9.17, 15) is 4.79 Å². The number of rotatable bonds is 3. The van der Waals surface area contributed by atoms with Gasteiger partial charge in [0, 0.05) is 29.2 Å². The molecule has 6 nitrogen and oxygen atoms in total. The zero-order valence-electron chi connectivity index (χ0n) is 14.9. The normalized spacial score (nSPS) is 18.3. The fraction of sp³-hybridized carbons (Fsp3) is 0.421. The third kappa shape index (κ3) is 3.90. The maximum Gasteiger partial charge on any atom is 0.232 e. The second-order valence-corrected chi connectivity index (χ2v) is 8.30. The molecule has 1 aromatic carbocycles. The Balaban J connectivity index is 1.38. The van der Waals surface area contributed by atoms with Crippen LogP contribution in [0.5, 0.6) is 0 Å². The number of nitrogen functional groups attached to an aromatic ring is 1. The number of anilines is 1. The summed E-state index contributed by atoms with van der Waals surface area (Å²) < 4.78 is 6.15. The third-order valence-corrected chi connectivity index (χ3v) is 6.41. The number of benzene rings is 1. The van der Waals surface area contributed by atoms with Crippen LogP contribution in [0.3, 0.4) is 0 Å². The Kier molecular flexibility index (Phi) is 5.25. The summed E-state index contributed by atoms with van der Waals surface area (Å²) in [6, 6.07) is 7.54. The number of nitrogens with two attached hydrogens (primary N) is 1. The van der Waals surface area contributed by atoms with Gasteiger partial charge in [-0.05, 0) is 49.1 Å². The number of fused-ring (bicyclic) bond motifs is 2. The van der Waals surface area contributed by atoms with E-state index >= 15 is 0 Å². The topological polar surface area (TPSA) is 81.3 Å². The van der Waals surface area contributed by atoms with Crippen molar-refractivity contribution in [2.75, 3.05) is 31.2 Å². The minimum absolute atomic E-state index is 0.142.